The molecular formula is C12H13ClFN3S. The van der Waals surface area contributed by atoms with Crippen LogP contribution in [0.1, 0.15) is 24.2 Å². The quantitative estimate of drug-likeness (QED) is 0.916. The van der Waals surface area contributed by atoms with Crippen LogP contribution in [0.2, 0.25) is 5.02 Å². The van der Waals surface area contributed by atoms with Crippen molar-refractivity contribution in [3.8, 4) is 0 Å². The number of halogens is 2. The first-order chi connectivity index (χ1) is 8.70. The van der Waals surface area contributed by atoms with E-state index >= 15 is 0 Å². The number of nitrogens with zero attached hydrogens (tertiary/aromatic N) is 2. The van der Waals surface area contributed by atoms with Crippen LogP contribution in [0.5, 0.6) is 0 Å². The third-order valence-electron chi connectivity index (χ3n) is 2.61. The van der Waals surface area contributed by atoms with E-state index in [1.165, 1.54) is 17.6 Å². The maximum Gasteiger partial charge on any atom is 0.142 e. The molecule has 1 aromatic heterocycles. The predicted molar refractivity (Wildman–Crippen MR) is 71.4 cm³/mol. The van der Waals surface area contributed by atoms with Gasteiger partial charge in [0, 0.05) is 5.38 Å². The van der Waals surface area contributed by atoms with Crippen LogP contribution in [0, 0.1) is 5.82 Å². The fourth-order valence-corrected chi connectivity index (χ4v) is 2.38. The van der Waals surface area contributed by atoms with E-state index in [2.05, 4.69) is 14.9 Å². The SMILES string of the molecule is CCNC(Cc1ccc(Cl)c(F)c1)c1csnn1. The second-order valence-electron chi connectivity index (χ2n) is 3.89. The van der Waals surface area contributed by atoms with Crippen LogP contribution in [0.15, 0.2) is 23.6 Å². The summed E-state index contributed by atoms with van der Waals surface area (Å²) in [6.45, 7) is 2.84. The van der Waals surface area contributed by atoms with E-state index in [0.29, 0.717) is 6.42 Å². The van der Waals surface area contributed by atoms with Crippen LogP contribution in [-0.4, -0.2) is 16.1 Å². The zero-order valence-corrected chi connectivity index (χ0v) is 11.4. The Balaban J connectivity index is 2.16. The fourth-order valence-electron chi connectivity index (χ4n) is 1.75. The highest BCUT2D eigenvalue weighted by Crippen LogP contribution is 2.21. The first-order valence-electron chi connectivity index (χ1n) is 5.65. The van der Waals surface area contributed by atoms with Gasteiger partial charge in [-0.1, -0.05) is 29.1 Å². The van der Waals surface area contributed by atoms with Crippen molar-refractivity contribution in [2.24, 2.45) is 0 Å². The number of likely N-dealkylation sites (N-methyl/N-ethyl adjacent to an activating group) is 1. The van der Waals surface area contributed by atoms with Crippen molar-refractivity contribution in [2.45, 2.75) is 19.4 Å². The van der Waals surface area contributed by atoms with Crippen molar-refractivity contribution < 1.29 is 4.39 Å². The molecule has 1 aromatic carbocycles. The van der Waals surface area contributed by atoms with Gasteiger partial charge in [-0.3, -0.25) is 0 Å². The van der Waals surface area contributed by atoms with Gasteiger partial charge in [-0.25, -0.2) is 4.39 Å². The number of hydrogen-bond acceptors (Lipinski definition) is 4. The zero-order chi connectivity index (χ0) is 13.0. The van der Waals surface area contributed by atoms with Gasteiger partial charge < -0.3 is 5.32 Å². The highest BCUT2D eigenvalue weighted by molar-refractivity contribution is 7.03. The van der Waals surface area contributed by atoms with Gasteiger partial charge in [0.15, 0.2) is 0 Å². The van der Waals surface area contributed by atoms with E-state index < -0.39 is 0 Å². The summed E-state index contributed by atoms with van der Waals surface area (Å²) >= 11 is 6.98. The molecule has 0 aliphatic heterocycles. The third kappa shape index (κ3) is 3.25. The Kier molecular flexibility index (Phi) is 4.63. The molecule has 3 nitrogen and oxygen atoms in total. The number of hydrogen-bond donors (Lipinski definition) is 1. The van der Waals surface area contributed by atoms with E-state index in [1.54, 1.807) is 6.07 Å². The zero-order valence-electron chi connectivity index (χ0n) is 9.86. The Morgan fingerprint density at radius 3 is 2.94 bits per heavy atom. The summed E-state index contributed by atoms with van der Waals surface area (Å²) in [5.41, 5.74) is 1.77. The average Bonchev–Trinajstić information content (AvgIpc) is 2.87. The molecule has 1 atom stereocenters. The highest BCUT2D eigenvalue weighted by Gasteiger charge is 2.14. The fraction of sp³-hybridized carbons (Fsp3) is 0.333. The molecule has 96 valence electrons. The Hall–Kier alpha value is -1.04. The van der Waals surface area contributed by atoms with E-state index in [0.717, 1.165) is 17.8 Å². The van der Waals surface area contributed by atoms with Crippen LogP contribution in [-0.2, 0) is 6.42 Å². The van der Waals surface area contributed by atoms with Crippen molar-refractivity contribution in [1.29, 1.82) is 0 Å². The van der Waals surface area contributed by atoms with E-state index in [4.69, 9.17) is 11.6 Å². The first-order valence-corrected chi connectivity index (χ1v) is 6.86. The Labute approximate surface area is 114 Å². The van der Waals surface area contributed by atoms with Gasteiger partial charge in [0.1, 0.15) is 5.82 Å². The van der Waals surface area contributed by atoms with Crippen LogP contribution < -0.4 is 5.32 Å². The van der Waals surface area contributed by atoms with Gasteiger partial charge in [-0.2, -0.15) is 0 Å². The Morgan fingerprint density at radius 1 is 1.50 bits per heavy atom. The van der Waals surface area contributed by atoms with Gasteiger partial charge in [-0.15, -0.1) is 5.10 Å². The molecule has 6 heteroatoms. The molecule has 2 aromatic rings. The minimum atomic E-state index is -0.388. The highest BCUT2D eigenvalue weighted by atomic mass is 35.5. The van der Waals surface area contributed by atoms with Crippen molar-refractivity contribution in [2.75, 3.05) is 6.54 Å². The normalized spacial score (nSPS) is 12.6. The lowest BCUT2D eigenvalue weighted by Gasteiger charge is -2.15. The largest absolute Gasteiger partial charge is 0.309 e. The molecule has 18 heavy (non-hydrogen) atoms. The molecule has 1 N–H and O–H groups in total. The lowest BCUT2D eigenvalue weighted by Crippen LogP contribution is -2.23. The van der Waals surface area contributed by atoms with Crippen LogP contribution >= 0.6 is 23.1 Å². The second-order valence-corrected chi connectivity index (χ2v) is 4.91. The van der Waals surface area contributed by atoms with Crippen LogP contribution in [0.4, 0.5) is 4.39 Å². The smallest absolute Gasteiger partial charge is 0.142 e. The maximum atomic E-state index is 13.4. The monoisotopic (exact) mass is 285 g/mol. The van der Waals surface area contributed by atoms with Crippen LogP contribution in [0.25, 0.3) is 0 Å². The summed E-state index contributed by atoms with van der Waals surface area (Å²) in [5, 5.41) is 9.42. The van der Waals surface area contributed by atoms with Crippen molar-refractivity contribution in [1.82, 2.24) is 14.9 Å². The second kappa shape index (κ2) is 6.22. The minimum Gasteiger partial charge on any atom is -0.309 e. The van der Waals surface area contributed by atoms with Gasteiger partial charge >= 0.3 is 0 Å². The van der Waals surface area contributed by atoms with Gasteiger partial charge in [0.25, 0.3) is 0 Å². The standard InChI is InChI=1S/C12H13ClFN3S/c1-2-15-11(12-7-18-17-16-12)6-8-3-4-9(13)10(14)5-8/h3-5,7,11,15H,2,6H2,1H3. The predicted octanol–water partition coefficient (Wildman–Crippen LogP) is 3.22. The molecule has 0 fully saturated rings. The molecule has 2 rings (SSSR count). The lowest BCUT2D eigenvalue weighted by atomic mass is 10.0. The molecule has 1 heterocycles. The topological polar surface area (TPSA) is 37.8 Å². The van der Waals surface area contributed by atoms with E-state index in [1.807, 2.05) is 18.4 Å². The Bertz CT molecular complexity index is 504. The molecule has 0 radical (unpaired) electrons. The van der Waals surface area contributed by atoms with Gasteiger partial charge in [-0.05, 0) is 42.2 Å². The maximum absolute atomic E-state index is 13.4. The van der Waals surface area contributed by atoms with Crippen LogP contribution in [0.3, 0.4) is 0 Å². The molecule has 0 aliphatic rings. The van der Waals surface area contributed by atoms with Crippen molar-refractivity contribution >= 4 is 23.1 Å². The molecule has 0 spiro atoms. The third-order valence-corrected chi connectivity index (χ3v) is 3.44. The molecule has 0 bridgehead atoms. The average molecular weight is 286 g/mol. The minimum absolute atomic E-state index is 0.0503. The summed E-state index contributed by atoms with van der Waals surface area (Å²) in [6, 6.07) is 4.92. The molecule has 0 saturated heterocycles. The van der Waals surface area contributed by atoms with Crippen molar-refractivity contribution in [3.63, 3.8) is 0 Å². The summed E-state index contributed by atoms with van der Waals surface area (Å²) in [5.74, 6) is -0.388. The molecular weight excluding hydrogens is 273 g/mol. The van der Waals surface area contributed by atoms with E-state index in [9.17, 15) is 4.39 Å². The van der Waals surface area contributed by atoms with Crippen molar-refractivity contribution in [3.05, 3.63) is 45.7 Å². The Morgan fingerprint density at radius 2 is 2.33 bits per heavy atom. The number of aromatic nitrogens is 2. The number of rotatable bonds is 5. The molecule has 1 unspecified atom stereocenters. The molecule has 0 saturated carbocycles. The summed E-state index contributed by atoms with van der Waals surface area (Å²) < 4.78 is 17.2. The lowest BCUT2D eigenvalue weighted by molar-refractivity contribution is 0.533. The molecule has 0 aliphatic carbocycles. The number of nitrogens with one attached hydrogen (secondary N) is 1. The summed E-state index contributed by atoms with van der Waals surface area (Å²) in [6.07, 6.45) is 0.660. The van der Waals surface area contributed by atoms with E-state index in [-0.39, 0.29) is 16.9 Å². The van der Waals surface area contributed by atoms with Gasteiger partial charge in [0.05, 0.1) is 16.8 Å². The number of benzene rings is 1. The summed E-state index contributed by atoms with van der Waals surface area (Å²) in [4.78, 5) is 0. The van der Waals surface area contributed by atoms with Gasteiger partial charge in [0.2, 0.25) is 0 Å². The summed E-state index contributed by atoms with van der Waals surface area (Å²) in [7, 11) is 0. The first kappa shape index (κ1) is 13.4. The molecule has 0 amide bonds.